The van der Waals surface area contributed by atoms with E-state index in [0.717, 1.165) is 32.7 Å². The third-order valence-corrected chi connectivity index (χ3v) is 5.55. The maximum atomic E-state index is 11.9. The summed E-state index contributed by atoms with van der Waals surface area (Å²) in [6, 6.07) is 15.0. The highest BCUT2D eigenvalue weighted by Gasteiger charge is 2.12. The highest BCUT2D eigenvalue weighted by Crippen LogP contribution is 2.23. The van der Waals surface area contributed by atoms with E-state index in [4.69, 9.17) is 21.9 Å². The molecule has 0 fully saturated rings. The maximum absolute atomic E-state index is 11.9. The van der Waals surface area contributed by atoms with E-state index < -0.39 is 5.97 Å². The zero-order chi connectivity index (χ0) is 20.2. The van der Waals surface area contributed by atoms with Gasteiger partial charge < -0.3 is 20.7 Å². The van der Waals surface area contributed by atoms with E-state index in [9.17, 15) is 4.79 Å². The Kier molecular flexibility index (Phi) is 5.55. The highest BCUT2D eigenvalue weighted by molar-refractivity contribution is 7.80. The van der Waals surface area contributed by atoms with Gasteiger partial charge in [-0.15, -0.1) is 11.3 Å². The van der Waals surface area contributed by atoms with Crippen molar-refractivity contribution in [2.45, 2.75) is 0 Å². The van der Waals surface area contributed by atoms with Crippen molar-refractivity contribution < 1.29 is 9.53 Å². The fourth-order valence-electron chi connectivity index (χ4n) is 2.92. The summed E-state index contributed by atoms with van der Waals surface area (Å²) in [6.07, 6.45) is 4.08. The Labute approximate surface area is 176 Å². The fourth-order valence-corrected chi connectivity index (χ4v) is 4.12. The van der Waals surface area contributed by atoms with Crippen molar-refractivity contribution in [2.24, 2.45) is 0 Å². The molecule has 2 aromatic carbocycles. The standard InChI is InChI=1S/C21H18N4O2S2/c1-27-20(26)15-7-2-3-8-16(15)25-21(28)23-14-6-4-5-13(11-14)19-24-17-9-10-22-12-18(17)29-19/h2-9,11-12,22H,10H2,1H3,(H2,23,25,28). The van der Waals surface area contributed by atoms with Gasteiger partial charge in [-0.2, -0.15) is 0 Å². The van der Waals surface area contributed by atoms with Crippen LogP contribution in [0.4, 0.5) is 11.4 Å². The van der Waals surface area contributed by atoms with E-state index >= 15 is 0 Å². The van der Waals surface area contributed by atoms with Crippen LogP contribution in [0.2, 0.25) is 0 Å². The average molecular weight is 423 g/mol. The van der Waals surface area contributed by atoms with Crippen molar-refractivity contribution in [1.29, 1.82) is 0 Å². The first-order valence-electron chi connectivity index (χ1n) is 8.90. The Morgan fingerprint density at radius 3 is 2.90 bits per heavy atom. The number of methoxy groups -OCH3 is 1. The smallest absolute Gasteiger partial charge is 0.339 e. The van der Waals surface area contributed by atoms with E-state index in [0.29, 0.717) is 16.4 Å². The number of carbonyl (C=O) groups is 1. The van der Waals surface area contributed by atoms with Crippen LogP contribution in [-0.2, 0) is 4.74 Å². The molecule has 0 bridgehead atoms. The average Bonchev–Trinajstić information content (AvgIpc) is 3.18. The van der Waals surface area contributed by atoms with Gasteiger partial charge in [-0.05, 0) is 42.6 Å². The van der Waals surface area contributed by atoms with Crippen LogP contribution in [0, 0.1) is 0 Å². The van der Waals surface area contributed by atoms with Gasteiger partial charge >= 0.3 is 5.97 Å². The number of hydrogen-bond donors (Lipinski definition) is 3. The number of anilines is 2. The van der Waals surface area contributed by atoms with Gasteiger partial charge in [-0.3, -0.25) is 0 Å². The summed E-state index contributed by atoms with van der Waals surface area (Å²) in [7, 11) is 1.35. The molecule has 0 spiro atoms. The minimum atomic E-state index is -0.422. The van der Waals surface area contributed by atoms with Crippen LogP contribution in [0.5, 0.6) is 0 Å². The molecule has 1 aromatic heterocycles. The van der Waals surface area contributed by atoms with Crippen molar-refractivity contribution in [3.8, 4) is 10.6 Å². The monoisotopic (exact) mass is 422 g/mol. The van der Waals surface area contributed by atoms with E-state index in [1.54, 1.807) is 29.5 Å². The van der Waals surface area contributed by atoms with Crippen molar-refractivity contribution in [2.75, 3.05) is 24.3 Å². The van der Waals surface area contributed by atoms with Gasteiger partial charge in [0.05, 0.1) is 28.2 Å². The molecule has 146 valence electrons. The Hall–Kier alpha value is -3.23. The minimum Gasteiger partial charge on any atom is -0.465 e. The Bertz CT molecular complexity index is 1170. The first-order valence-corrected chi connectivity index (χ1v) is 10.1. The normalized spacial score (nSPS) is 11.9. The van der Waals surface area contributed by atoms with E-state index in [1.165, 1.54) is 7.11 Å². The third-order valence-electron chi connectivity index (χ3n) is 4.28. The summed E-state index contributed by atoms with van der Waals surface area (Å²) in [5.74, 6) is -0.422. The minimum absolute atomic E-state index is 0.378. The number of rotatable bonds is 4. The number of thiazole rings is 1. The van der Waals surface area contributed by atoms with Crippen LogP contribution in [0.1, 0.15) is 10.4 Å². The van der Waals surface area contributed by atoms with E-state index in [1.807, 2.05) is 36.5 Å². The summed E-state index contributed by atoms with van der Waals surface area (Å²) >= 11 is 7.06. The van der Waals surface area contributed by atoms with Gasteiger partial charge in [0, 0.05) is 24.0 Å². The van der Waals surface area contributed by atoms with Crippen LogP contribution in [0.25, 0.3) is 22.8 Å². The number of benzene rings is 2. The summed E-state index contributed by atoms with van der Waals surface area (Å²) < 4.78 is 5.94. The number of esters is 1. The Balaban J connectivity index is 1.52. The molecule has 8 heteroatoms. The zero-order valence-electron chi connectivity index (χ0n) is 15.6. The largest absolute Gasteiger partial charge is 0.465 e. The first-order chi connectivity index (χ1) is 14.1. The van der Waals surface area contributed by atoms with Gasteiger partial charge in [0.25, 0.3) is 0 Å². The lowest BCUT2D eigenvalue weighted by molar-refractivity contribution is 0.0602. The van der Waals surface area contributed by atoms with E-state index in [2.05, 4.69) is 22.0 Å². The maximum Gasteiger partial charge on any atom is 0.339 e. The quantitative estimate of drug-likeness (QED) is 0.441. The molecular weight excluding hydrogens is 404 g/mol. The second-order valence-electron chi connectivity index (χ2n) is 6.22. The summed E-state index contributed by atoms with van der Waals surface area (Å²) in [5.41, 5.74) is 2.84. The molecule has 3 aromatic rings. The molecule has 29 heavy (non-hydrogen) atoms. The van der Waals surface area contributed by atoms with Crippen LogP contribution in [0.3, 0.4) is 0 Å². The lowest BCUT2D eigenvalue weighted by Crippen LogP contribution is -2.30. The number of nitrogens with zero attached hydrogens (tertiary/aromatic N) is 1. The van der Waals surface area contributed by atoms with Gasteiger partial charge in [0.2, 0.25) is 0 Å². The number of ether oxygens (including phenoxy) is 1. The molecule has 6 nitrogen and oxygen atoms in total. The summed E-state index contributed by atoms with van der Waals surface area (Å²) in [4.78, 5) is 16.6. The first kappa shape index (κ1) is 19.1. The summed E-state index contributed by atoms with van der Waals surface area (Å²) in [5, 5.41) is 11.8. The van der Waals surface area contributed by atoms with Crippen LogP contribution < -0.4 is 25.8 Å². The second kappa shape index (κ2) is 8.42. The number of carbonyl (C=O) groups excluding carboxylic acids is 1. The lowest BCUT2D eigenvalue weighted by Gasteiger charge is -2.13. The molecule has 0 amide bonds. The van der Waals surface area contributed by atoms with Crippen molar-refractivity contribution >= 4 is 58.3 Å². The molecule has 3 N–H and O–H groups in total. The SMILES string of the molecule is COC(=O)c1ccccc1NC(=S)Nc1cccc(-c2nc3c(s2)=CNCC=3)c1. The molecular formula is C21H18N4O2S2. The predicted molar refractivity (Wildman–Crippen MR) is 121 cm³/mol. The molecule has 1 aliphatic heterocycles. The third kappa shape index (κ3) is 4.28. The fraction of sp³-hybridized carbons (Fsp3) is 0.0952. The highest BCUT2D eigenvalue weighted by atomic mass is 32.1. The predicted octanol–water partition coefficient (Wildman–Crippen LogP) is 2.53. The van der Waals surface area contributed by atoms with Gasteiger partial charge in [-0.1, -0.05) is 24.3 Å². The van der Waals surface area contributed by atoms with Crippen molar-refractivity contribution in [3.05, 3.63) is 64.0 Å². The Morgan fingerprint density at radius 1 is 1.21 bits per heavy atom. The zero-order valence-corrected chi connectivity index (χ0v) is 17.2. The molecule has 1 aliphatic rings. The number of fused-ring (bicyclic) bond motifs is 1. The molecule has 0 unspecified atom stereocenters. The van der Waals surface area contributed by atoms with Crippen molar-refractivity contribution in [3.63, 3.8) is 0 Å². The molecule has 0 atom stereocenters. The number of thiocarbonyl (C=S) groups is 1. The van der Waals surface area contributed by atoms with Crippen molar-refractivity contribution in [1.82, 2.24) is 10.3 Å². The molecule has 0 saturated heterocycles. The second-order valence-corrected chi connectivity index (χ2v) is 7.66. The number of nitrogens with one attached hydrogen (secondary N) is 3. The van der Waals surface area contributed by atoms with Crippen LogP contribution in [0.15, 0.2) is 48.5 Å². The molecule has 4 rings (SSSR count). The van der Waals surface area contributed by atoms with Gasteiger partial charge in [0.1, 0.15) is 5.01 Å². The summed E-state index contributed by atoms with van der Waals surface area (Å²) in [6.45, 7) is 0.796. The number of hydrogen-bond acceptors (Lipinski definition) is 6. The van der Waals surface area contributed by atoms with E-state index in [-0.39, 0.29) is 0 Å². The molecule has 0 aliphatic carbocycles. The molecule has 0 radical (unpaired) electrons. The molecule has 2 heterocycles. The lowest BCUT2D eigenvalue weighted by atomic mass is 10.2. The van der Waals surface area contributed by atoms with Gasteiger partial charge in [-0.25, -0.2) is 9.78 Å². The molecule has 0 saturated carbocycles. The van der Waals surface area contributed by atoms with Gasteiger partial charge in [0.15, 0.2) is 5.11 Å². The Morgan fingerprint density at radius 2 is 2.07 bits per heavy atom. The van der Waals surface area contributed by atoms with Crippen LogP contribution in [-0.4, -0.2) is 29.7 Å². The topological polar surface area (TPSA) is 75.3 Å². The number of para-hydroxylation sites is 1. The van der Waals surface area contributed by atoms with Crippen LogP contribution >= 0.6 is 23.6 Å². The number of aromatic nitrogens is 1.